The Morgan fingerprint density at radius 3 is 2.61 bits per heavy atom. The van der Waals surface area contributed by atoms with E-state index in [9.17, 15) is 24.9 Å². The van der Waals surface area contributed by atoms with Crippen molar-refractivity contribution in [1.82, 2.24) is 10.2 Å². The molecule has 11 heteroatoms. The van der Waals surface area contributed by atoms with E-state index in [0.717, 1.165) is 24.8 Å². The Kier molecular flexibility index (Phi) is 8.97. The maximum Gasteiger partial charge on any atom is 0.247 e. The average Bonchev–Trinajstić information content (AvgIpc) is 3.81. The summed E-state index contributed by atoms with van der Waals surface area (Å²) in [5.74, 6) is 1.24. The van der Waals surface area contributed by atoms with Crippen LogP contribution in [0.4, 0.5) is 0 Å². The molecular weight excluding hydrogens is 568 g/mol. The third-order valence-corrected chi connectivity index (χ3v) is 9.21. The van der Waals surface area contributed by atoms with Crippen molar-refractivity contribution in [3.05, 3.63) is 58.7 Å². The number of hydrogen-bond donors (Lipinski definition) is 4. The van der Waals surface area contributed by atoms with Crippen LogP contribution in [0.3, 0.4) is 0 Å². The Hall–Kier alpha value is -3.80. The van der Waals surface area contributed by atoms with Crippen LogP contribution in [0.5, 0.6) is 23.0 Å². The van der Waals surface area contributed by atoms with E-state index in [1.54, 1.807) is 29.2 Å². The molecule has 0 radical (unpaired) electrons. The predicted octanol–water partition coefficient (Wildman–Crippen LogP) is 2.54. The lowest BCUT2D eigenvalue weighted by atomic mass is 9.77. The molecule has 0 saturated heterocycles. The first-order valence-electron chi connectivity index (χ1n) is 15.4. The van der Waals surface area contributed by atoms with Crippen LogP contribution < -0.4 is 24.3 Å². The summed E-state index contributed by atoms with van der Waals surface area (Å²) in [6.45, 7) is -0.158. The second kappa shape index (κ2) is 13.1. The number of carbonyl (C=O) groups is 2. The molecule has 1 saturated carbocycles. The average molecular weight is 609 g/mol. The minimum absolute atomic E-state index is 0.0374. The van der Waals surface area contributed by atoms with Crippen LogP contribution in [-0.2, 0) is 22.7 Å². The lowest BCUT2D eigenvalue weighted by molar-refractivity contribution is -0.138. The fourth-order valence-electron chi connectivity index (χ4n) is 6.99. The minimum atomic E-state index is -1.19. The zero-order valence-corrected chi connectivity index (χ0v) is 24.9. The molecule has 44 heavy (non-hydrogen) atoms. The van der Waals surface area contributed by atoms with Gasteiger partial charge in [0, 0.05) is 30.6 Å². The van der Waals surface area contributed by atoms with Gasteiger partial charge in [-0.3, -0.25) is 9.59 Å². The van der Waals surface area contributed by atoms with E-state index < -0.39 is 30.1 Å². The molecule has 0 unspecified atom stereocenters. The Bertz CT molecular complexity index is 1420. The van der Waals surface area contributed by atoms with E-state index in [1.165, 1.54) is 20.0 Å². The molecule has 2 aliphatic heterocycles. The van der Waals surface area contributed by atoms with Crippen molar-refractivity contribution in [2.45, 2.75) is 75.8 Å². The number of amides is 2. The summed E-state index contributed by atoms with van der Waals surface area (Å²) in [6.07, 6.45) is 5.25. The van der Waals surface area contributed by atoms with Gasteiger partial charge < -0.3 is 44.5 Å². The number of methoxy groups -OCH3 is 1. The number of fused-ring (bicyclic) bond motifs is 4. The highest BCUT2D eigenvalue weighted by molar-refractivity contribution is 5.96. The van der Waals surface area contributed by atoms with Crippen molar-refractivity contribution in [1.29, 1.82) is 0 Å². The molecular formula is C33H40N2O9. The van der Waals surface area contributed by atoms with E-state index in [0.29, 0.717) is 52.0 Å². The second-order valence-electron chi connectivity index (χ2n) is 11.9. The maximum absolute atomic E-state index is 14.0. The number of ether oxygens (including phenoxy) is 4. The molecule has 4 aliphatic rings. The van der Waals surface area contributed by atoms with E-state index in [-0.39, 0.29) is 39.0 Å². The molecule has 2 aromatic rings. The summed E-state index contributed by atoms with van der Waals surface area (Å²) in [5.41, 5.74) is 2.29. The normalized spacial score (nSPS) is 23.4. The number of aliphatic hydroxyl groups is 3. The van der Waals surface area contributed by atoms with Crippen LogP contribution in [0.1, 0.15) is 61.1 Å². The molecule has 4 atom stereocenters. The fourth-order valence-corrected chi connectivity index (χ4v) is 6.99. The Morgan fingerprint density at radius 1 is 1.07 bits per heavy atom. The van der Waals surface area contributed by atoms with Crippen LogP contribution >= 0.6 is 0 Å². The molecule has 236 valence electrons. The third-order valence-electron chi connectivity index (χ3n) is 9.21. The molecule has 6 rings (SSSR count). The quantitative estimate of drug-likeness (QED) is 0.302. The van der Waals surface area contributed by atoms with Crippen molar-refractivity contribution in [3.8, 4) is 23.0 Å². The van der Waals surface area contributed by atoms with Crippen molar-refractivity contribution >= 4 is 11.8 Å². The van der Waals surface area contributed by atoms with Gasteiger partial charge in [-0.2, -0.15) is 0 Å². The van der Waals surface area contributed by atoms with Crippen LogP contribution in [0.15, 0.2) is 42.0 Å². The smallest absolute Gasteiger partial charge is 0.247 e. The van der Waals surface area contributed by atoms with E-state index in [1.807, 2.05) is 12.1 Å². The molecule has 0 bridgehead atoms. The van der Waals surface area contributed by atoms with Crippen LogP contribution in [0, 0.1) is 5.92 Å². The SMILES string of the molecule is COc1cc(CO)cc2c1O[C@@H]1[C@@H](O)[C@H](N(Cc3ccc4c(c3)OCO4)C(=O)CCC3CCCC3)C=C(C(=O)NCCO)[C@H]21. The number of hydrogen-bond acceptors (Lipinski definition) is 9. The van der Waals surface area contributed by atoms with Gasteiger partial charge in [0.2, 0.25) is 18.6 Å². The Balaban J connectivity index is 1.38. The largest absolute Gasteiger partial charge is 0.493 e. The summed E-state index contributed by atoms with van der Waals surface area (Å²) < 4.78 is 22.9. The number of nitrogens with one attached hydrogen (secondary N) is 1. The summed E-state index contributed by atoms with van der Waals surface area (Å²) in [5, 5.41) is 34.0. The number of benzene rings is 2. The van der Waals surface area contributed by atoms with Gasteiger partial charge in [0.05, 0.1) is 32.3 Å². The summed E-state index contributed by atoms with van der Waals surface area (Å²) >= 11 is 0. The summed E-state index contributed by atoms with van der Waals surface area (Å²) in [4.78, 5) is 29.3. The molecule has 1 fully saturated rings. The van der Waals surface area contributed by atoms with Gasteiger partial charge >= 0.3 is 0 Å². The van der Waals surface area contributed by atoms with Crippen LogP contribution in [0.25, 0.3) is 0 Å². The van der Waals surface area contributed by atoms with Crippen molar-refractivity contribution in [2.24, 2.45) is 5.92 Å². The van der Waals surface area contributed by atoms with Gasteiger partial charge in [0.25, 0.3) is 0 Å². The fraction of sp³-hybridized carbons (Fsp3) is 0.515. The Morgan fingerprint density at radius 2 is 1.86 bits per heavy atom. The number of nitrogens with zero attached hydrogens (tertiary/aromatic N) is 1. The van der Waals surface area contributed by atoms with Gasteiger partial charge in [0.15, 0.2) is 23.0 Å². The standard InChI is InChI=1S/C33H40N2O9/c1-41-27-14-21(17-37)12-22-29-23(33(40)34-10-11-36)15-24(30(39)32(29)44-31(22)27)35(28(38)9-7-19-4-2-3-5-19)16-20-6-8-25-26(13-20)43-18-42-25/h6,8,12-15,19,24,29-30,32,36-37,39H,2-5,7,9-11,16-18H2,1H3,(H,34,40)/t24-,29+,30+,32+/m1/s1. The lowest BCUT2D eigenvalue weighted by Crippen LogP contribution is -2.55. The highest BCUT2D eigenvalue weighted by Crippen LogP contribution is 2.51. The molecule has 11 nitrogen and oxygen atoms in total. The molecule has 2 amide bonds. The zero-order valence-electron chi connectivity index (χ0n) is 24.9. The first-order valence-corrected chi connectivity index (χ1v) is 15.4. The highest BCUT2D eigenvalue weighted by atomic mass is 16.7. The Labute approximate surface area is 256 Å². The first-order chi connectivity index (χ1) is 21.4. The van der Waals surface area contributed by atoms with Crippen molar-refractivity contribution in [2.75, 3.05) is 27.1 Å². The molecule has 2 heterocycles. The van der Waals surface area contributed by atoms with Crippen molar-refractivity contribution in [3.63, 3.8) is 0 Å². The van der Waals surface area contributed by atoms with Gasteiger partial charge in [0.1, 0.15) is 12.2 Å². The van der Waals surface area contributed by atoms with Gasteiger partial charge in [-0.25, -0.2) is 0 Å². The number of carbonyl (C=O) groups excluding carboxylic acids is 2. The van der Waals surface area contributed by atoms with E-state index in [4.69, 9.17) is 18.9 Å². The van der Waals surface area contributed by atoms with E-state index >= 15 is 0 Å². The third kappa shape index (κ3) is 5.83. The summed E-state index contributed by atoms with van der Waals surface area (Å²) in [6, 6.07) is 8.03. The zero-order chi connectivity index (χ0) is 30.8. The second-order valence-corrected chi connectivity index (χ2v) is 11.9. The minimum Gasteiger partial charge on any atom is -0.493 e. The molecule has 0 aromatic heterocycles. The molecule has 2 aromatic carbocycles. The topological polar surface area (TPSA) is 147 Å². The monoisotopic (exact) mass is 608 g/mol. The molecule has 0 spiro atoms. The molecule has 4 N–H and O–H groups in total. The highest BCUT2D eigenvalue weighted by Gasteiger charge is 2.51. The van der Waals surface area contributed by atoms with Gasteiger partial charge in [-0.05, 0) is 53.8 Å². The van der Waals surface area contributed by atoms with Crippen LogP contribution in [-0.4, -0.2) is 77.3 Å². The van der Waals surface area contributed by atoms with E-state index in [2.05, 4.69) is 5.32 Å². The predicted molar refractivity (Wildman–Crippen MR) is 158 cm³/mol. The van der Waals surface area contributed by atoms with Gasteiger partial charge in [-0.15, -0.1) is 0 Å². The maximum atomic E-state index is 14.0. The molecule has 2 aliphatic carbocycles. The number of rotatable bonds is 11. The lowest BCUT2D eigenvalue weighted by Gasteiger charge is -2.41. The number of aliphatic hydroxyl groups excluding tert-OH is 3. The van der Waals surface area contributed by atoms with Crippen molar-refractivity contribution < 1.29 is 43.9 Å². The summed E-state index contributed by atoms with van der Waals surface area (Å²) in [7, 11) is 1.49. The van der Waals surface area contributed by atoms with Crippen LogP contribution in [0.2, 0.25) is 0 Å². The first kappa shape index (κ1) is 30.2. The van der Waals surface area contributed by atoms with Gasteiger partial charge in [-0.1, -0.05) is 31.7 Å².